The molecule has 1 atom stereocenters. The van der Waals surface area contributed by atoms with Crippen LogP contribution in [0, 0.1) is 11.3 Å². The van der Waals surface area contributed by atoms with E-state index in [1.54, 1.807) is 6.20 Å². The second kappa shape index (κ2) is 9.74. The number of hydrogen-bond acceptors (Lipinski definition) is 4. The van der Waals surface area contributed by atoms with Gasteiger partial charge in [0.1, 0.15) is 6.07 Å². The van der Waals surface area contributed by atoms with Crippen LogP contribution in [0.3, 0.4) is 0 Å². The van der Waals surface area contributed by atoms with Crippen molar-refractivity contribution in [2.24, 2.45) is 0 Å². The molecule has 0 radical (unpaired) electrons. The van der Waals surface area contributed by atoms with Crippen molar-refractivity contribution in [3.05, 3.63) is 52.1 Å². The lowest BCUT2D eigenvalue weighted by molar-refractivity contribution is -0.0384. The average molecular weight is 468 g/mol. The molecule has 0 spiro atoms. The lowest BCUT2D eigenvalue weighted by Crippen LogP contribution is -2.20. The van der Waals surface area contributed by atoms with Gasteiger partial charge >= 0.3 is 0 Å². The van der Waals surface area contributed by atoms with Gasteiger partial charge in [0.05, 0.1) is 21.9 Å². The van der Waals surface area contributed by atoms with Crippen molar-refractivity contribution >= 4 is 26.7 Å². The van der Waals surface area contributed by atoms with Crippen LogP contribution < -0.4 is 0 Å². The largest absolute Gasteiger partial charge is 0.396 e. The van der Waals surface area contributed by atoms with Gasteiger partial charge in [-0.3, -0.25) is 0 Å². The van der Waals surface area contributed by atoms with Gasteiger partial charge in [-0.15, -0.1) is 0 Å². The van der Waals surface area contributed by atoms with E-state index in [1.807, 2.05) is 22.9 Å². The van der Waals surface area contributed by atoms with Crippen molar-refractivity contribution in [1.82, 2.24) is 9.78 Å². The molecule has 0 amide bonds. The Morgan fingerprint density at radius 3 is 2.87 bits per heavy atom. The Morgan fingerprint density at radius 2 is 2.10 bits per heavy atom. The van der Waals surface area contributed by atoms with E-state index in [0.29, 0.717) is 5.56 Å². The smallest absolute Gasteiger partial charge is 0.150 e. The summed E-state index contributed by atoms with van der Waals surface area (Å²) in [6, 6.07) is 12.7. The van der Waals surface area contributed by atoms with Crippen LogP contribution >= 0.6 is 15.9 Å². The molecule has 30 heavy (non-hydrogen) atoms. The van der Waals surface area contributed by atoms with E-state index >= 15 is 0 Å². The summed E-state index contributed by atoms with van der Waals surface area (Å²) in [7, 11) is 0. The maximum absolute atomic E-state index is 10.2. The van der Waals surface area contributed by atoms with Crippen molar-refractivity contribution in [2.45, 2.75) is 51.2 Å². The van der Waals surface area contributed by atoms with E-state index in [4.69, 9.17) is 9.84 Å². The number of unbranched alkanes of at least 4 members (excludes halogenated alkanes) is 2. The van der Waals surface area contributed by atoms with E-state index in [0.717, 1.165) is 83.6 Å². The SMILES string of the molecule is N#Cc1c(-c2c(Br)cnn2C2CCCCO2)c(CCCCCO)cc2ccccc12. The summed E-state index contributed by atoms with van der Waals surface area (Å²) in [5, 5.41) is 26.0. The Labute approximate surface area is 185 Å². The number of benzene rings is 2. The zero-order chi connectivity index (χ0) is 20.9. The van der Waals surface area contributed by atoms with Crippen molar-refractivity contribution in [3.8, 4) is 17.3 Å². The molecule has 1 unspecified atom stereocenters. The second-order valence-electron chi connectivity index (χ2n) is 7.76. The highest BCUT2D eigenvalue weighted by molar-refractivity contribution is 9.10. The molecule has 1 aliphatic heterocycles. The number of aliphatic hydroxyl groups is 1. The summed E-state index contributed by atoms with van der Waals surface area (Å²) in [4.78, 5) is 0. The number of ether oxygens (including phenoxy) is 1. The van der Waals surface area contributed by atoms with Crippen LogP contribution in [0.2, 0.25) is 0 Å². The molecule has 1 N–H and O–H groups in total. The van der Waals surface area contributed by atoms with Crippen molar-refractivity contribution in [2.75, 3.05) is 13.2 Å². The fraction of sp³-hybridized carbons (Fsp3) is 0.417. The maximum atomic E-state index is 10.2. The molecular formula is C24H26BrN3O2. The van der Waals surface area contributed by atoms with Crippen LogP contribution in [0.1, 0.15) is 55.9 Å². The van der Waals surface area contributed by atoms with E-state index in [-0.39, 0.29) is 12.8 Å². The first-order chi connectivity index (χ1) is 14.7. The number of aliphatic hydroxyl groups excluding tert-OH is 1. The van der Waals surface area contributed by atoms with E-state index < -0.39 is 0 Å². The molecule has 1 fully saturated rings. The Hall–Kier alpha value is -2.20. The van der Waals surface area contributed by atoms with Gasteiger partial charge < -0.3 is 9.84 Å². The minimum absolute atomic E-state index is 0.111. The third kappa shape index (κ3) is 4.15. The van der Waals surface area contributed by atoms with E-state index in [2.05, 4.69) is 39.2 Å². The molecule has 0 bridgehead atoms. The predicted molar refractivity (Wildman–Crippen MR) is 121 cm³/mol. The molecule has 0 aliphatic carbocycles. The normalized spacial score (nSPS) is 16.6. The van der Waals surface area contributed by atoms with E-state index in [1.165, 1.54) is 0 Å². The third-order valence-electron chi connectivity index (χ3n) is 5.76. The summed E-state index contributed by atoms with van der Waals surface area (Å²) >= 11 is 3.69. The topological polar surface area (TPSA) is 71.1 Å². The second-order valence-corrected chi connectivity index (χ2v) is 8.61. The molecule has 1 aromatic heterocycles. The fourth-order valence-electron chi connectivity index (χ4n) is 4.30. The number of rotatable bonds is 7. The van der Waals surface area contributed by atoms with Crippen LogP contribution in [-0.4, -0.2) is 28.1 Å². The zero-order valence-corrected chi connectivity index (χ0v) is 18.6. The number of fused-ring (bicyclic) bond motifs is 1. The van der Waals surface area contributed by atoms with Gasteiger partial charge in [-0.2, -0.15) is 10.4 Å². The van der Waals surface area contributed by atoms with Crippen molar-refractivity contribution < 1.29 is 9.84 Å². The molecule has 3 aromatic rings. The van der Waals surface area contributed by atoms with Crippen molar-refractivity contribution in [3.63, 3.8) is 0 Å². The number of aromatic nitrogens is 2. The first-order valence-corrected chi connectivity index (χ1v) is 11.4. The third-order valence-corrected chi connectivity index (χ3v) is 6.34. The van der Waals surface area contributed by atoms with Gasteiger partial charge in [0.15, 0.2) is 6.23 Å². The molecule has 4 rings (SSSR count). The van der Waals surface area contributed by atoms with Gasteiger partial charge in [0, 0.05) is 24.2 Å². The number of halogens is 1. The van der Waals surface area contributed by atoms with Crippen LogP contribution in [0.15, 0.2) is 41.0 Å². The monoisotopic (exact) mass is 467 g/mol. The molecule has 2 heterocycles. The summed E-state index contributed by atoms with van der Waals surface area (Å²) in [5.74, 6) is 0. The molecule has 1 aliphatic rings. The summed E-state index contributed by atoms with van der Waals surface area (Å²) < 4.78 is 8.85. The number of nitriles is 1. The first-order valence-electron chi connectivity index (χ1n) is 10.6. The minimum atomic E-state index is -0.111. The molecule has 6 heteroatoms. The summed E-state index contributed by atoms with van der Waals surface area (Å²) in [5.41, 5.74) is 3.69. The van der Waals surface area contributed by atoms with E-state index in [9.17, 15) is 5.26 Å². The van der Waals surface area contributed by atoms with Gasteiger partial charge in [-0.25, -0.2) is 4.68 Å². The van der Waals surface area contributed by atoms with Gasteiger partial charge in [-0.05, 0) is 65.4 Å². The highest BCUT2D eigenvalue weighted by Crippen LogP contribution is 2.40. The quantitative estimate of drug-likeness (QED) is 0.449. The molecule has 5 nitrogen and oxygen atoms in total. The average Bonchev–Trinajstić information content (AvgIpc) is 3.17. The zero-order valence-electron chi connectivity index (χ0n) is 17.0. The highest BCUT2D eigenvalue weighted by atomic mass is 79.9. The summed E-state index contributed by atoms with van der Waals surface area (Å²) in [6.07, 6.45) is 8.35. The molecule has 1 saturated heterocycles. The standard InChI is InChI=1S/C24H26BrN3O2/c25-21-16-27-28(22-11-5-7-13-30-22)24(21)23-18(9-2-1-6-12-29)14-17-8-3-4-10-19(17)20(23)15-26/h3-4,8,10,14,16,22,29H,1-2,5-7,9,11-13H2. The number of nitrogens with zero attached hydrogens (tertiary/aromatic N) is 3. The first kappa shape index (κ1) is 21.0. The molecule has 2 aromatic carbocycles. The molecular weight excluding hydrogens is 442 g/mol. The van der Waals surface area contributed by atoms with Crippen LogP contribution in [0.4, 0.5) is 0 Å². The lowest BCUT2D eigenvalue weighted by Gasteiger charge is -2.26. The minimum Gasteiger partial charge on any atom is -0.396 e. The Bertz CT molecular complexity index is 1060. The predicted octanol–water partition coefficient (Wildman–Crippen LogP) is 5.74. The van der Waals surface area contributed by atoms with Gasteiger partial charge in [-0.1, -0.05) is 36.8 Å². The molecule has 156 valence electrons. The fourth-order valence-corrected chi connectivity index (χ4v) is 4.78. The Morgan fingerprint density at radius 1 is 1.23 bits per heavy atom. The van der Waals surface area contributed by atoms with Crippen LogP contribution in [0.5, 0.6) is 0 Å². The number of aryl methyl sites for hydroxylation is 1. The highest BCUT2D eigenvalue weighted by Gasteiger charge is 2.26. The van der Waals surface area contributed by atoms with Gasteiger partial charge in [0.2, 0.25) is 0 Å². The number of hydrogen-bond donors (Lipinski definition) is 1. The lowest BCUT2D eigenvalue weighted by atomic mass is 9.90. The molecule has 0 saturated carbocycles. The Kier molecular flexibility index (Phi) is 6.83. The van der Waals surface area contributed by atoms with Crippen molar-refractivity contribution in [1.29, 1.82) is 5.26 Å². The Balaban J connectivity index is 1.89. The summed E-state index contributed by atoms with van der Waals surface area (Å²) in [6.45, 7) is 0.948. The van der Waals surface area contributed by atoms with Gasteiger partial charge in [0.25, 0.3) is 0 Å². The maximum Gasteiger partial charge on any atom is 0.150 e. The van der Waals surface area contributed by atoms with Crippen LogP contribution in [0.25, 0.3) is 22.0 Å². The van der Waals surface area contributed by atoms with Crippen LogP contribution in [-0.2, 0) is 11.2 Å².